The van der Waals surface area contributed by atoms with Crippen LogP contribution in [0.5, 0.6) is 5.75 Å². The predicted octanol–water partition coefficient (Wildman–Crippen LogP) is 3.69. The molecule has 0 saturated carbocycles. The van der Waals surface area contributed by atoms with Crippen LogP contribution in [-0.2, 0) is 19.6 Å². The van der Waals surface area contributed by atoms with Gasteiger partial charge in [0.2, 0.25) is 0 Å². The number of para-hydroxylation sites is 1. The van der Waals surface area contributed by atoms with Gasteiger partial charge in [0.05, 0.1) is 19.1 Å². The van der Waals surface area contributed by atoms with Gasteiger partial charge >= 0.3 is 0 Å². The van der Waals surface area contributed by atoms with Gasteiger partial charge in [0.1, 0.15) is 5.75 Å². The highest BCUT2D eigenvalue weighted by atomic mass is 16.5. The zero-order chi connectivity index (χ0) is 18.2. The molecule has 0 unspecified atom stereocenters. The first-order chi connectivity index (χ1) is 12.7. The number of aromatic nitrogens is 3. The van der Waals surface area contributed by atoms with E-state index in [1.807, 2.05) is 43.8 Å². The molecule has 0 amide bonds. The van der Waals surface area contributed by atoms with Crippen LogP contribution in [0.15, 0.2) is 61.2 Å². The Kier molecular flexibility index (Phi) is 6.39. The maximum Gasteiger partial charge on any atom is 0.123 e. The Morgan fingerprint density at radius 1 is 1.08 bits per heavy atom. The van der Waals surface area contributed by atoms with Gasteiger partial charge in [-0.15, -0.1) is 0 Å². The molecule has 5 heteroatoms. The van der Waals surface area contributed by atoms with Crippen molar-refractivity contribution in [1.29, 1.82) is 0 Å². The zero-order valence-corrected chi connectivity index (χ0v) is 15.5. The molecule has 0 saturated heterocycles. The lowest BCUT2D eigenvalue weighted by Gasteiger charge is -2.23. The Morgan fingerprint density at radius 3 is 2.73 bits per heavy atom. The van der Waals surface area contributed by atoms with E-state index < -0.39 is 0 Å². The van der Waals surface area contributed by atoms with Crippen molar-refractivity contribution in [3.63, 3.8) is 0 Å². The van der Waals surface area contributed by atoms with E-state index >= 15 is 0 Å². The van der Waals surface area contributed by atoms with Crippen LogP contribution in [0, 0.1) is 6.92 Å². The molecule has 1 aromatic carbocycles. The zero-order valence-electron chi connectivity index (χ0n) is 15.5. The summed E-state index contributed by atoms with van der Waals surface area (Å²) in [7, 11) is 1.73. The van der Waals surface area contributed by atoms with E-state index in [1.165, 1.54) is 5.56 Å². The van der Waals surface area contributed by atoms with E-state index in [9.17, 15) is 0 Å². The summed E-state index contributed by atoms with van der Waals surface area (Å²) in [5.41, 5.74) is 3.35. The largest absolute Gasteiger partial charge is 0.496 e. The molecule has 26 heavy (non-hydrogen) atoms. The molecule has 0 atom stereocenters. The van der Waals surface area contributed by atoms with E-state index in [0.29, 0.717) is 0 Å². The van der Waals surface area contributed by atoms with E-state index in [-0.39, 0.29) is 0 Å². The molecular formula is C21H26N4O. The summed E-state index contributed by atoms with van der Waals surface area (Å²) in [5.74, 6) is 0.935. The van der Waals surface area contributed by atoms with Gasteiger partial charge in [0, 0.05) is 49.8 Å². The number of hydrogen-bond donors (Lipinski definition) is 0. The van der Waals surface area contributed by atoms with Crippen LogP contribution in [0.4, 0.5) is 0 Å². The molecule has 0 aliphatic rings. The Balaban J connectivity index is 1.69. The number of methoxy groups -OCH3 is 1. The van der Waals surface area contributed by atoms with Crippen LogP contribution >= 0.6 is 0 Å². The topological polar surface area (TPSA) is 43.2 Å². The molecule has 0 N–H and O–H groups in total. The summed E-state index contributed by atoms with van der Waals surface area (Å²) in [4.78, 5) is 11.2. The van der Waals surface area contributed by atoms with E-state index in [4.69, 9.17) is 4.74 Å². The summed E-state index contributed by atoms with van der Waals surface area (Å²) in [6.45, 7) is 5.63. The summed E-state index contributed by atoms with van der Waals surface area (Å²) in [5, 5.41) is 0. The molecule has 0 spiro atoms. The minimum absolute atomic E-state index is 0.823. The highest BCUT2D eigenvalue weighted by Gasteiger charge is 2.11. The van der Waals surface area contributed by atoms with Gasteiger partial charge in [0.15, 0.2) is 0 Å². The molecule has 3 aromatic rings. The summed E-state index contributed by atoms with van der Waals surface area (Å²) < 4.78 is 7.64. The first kappa shape index (κ1) is 18.1. The predicted molar refractivity (Wildman–Crippen MR) is 103 cm³/mol. The van der Waals surface area contributed by atoms with E-state index in [2.05, 4.69) is 43.7 Å². The minimum Gasteiger partial charge on any atom is -0.496 e. The lowest BCUT2D eigenvalue weighted by atomic mass is 10.1. The van der Waals surface area contributed by atoms with Crippen LogP contribution < -0.4 is 4.74 Å². The van der Waals surface area contributed by atoms with Crippen molar-refractivity contribution in [3.8, 4) is 5.75 Å². The summed E-state index contributed by atoms with van der Waals surface area (Å²) in [6.07, 6.45) is 6.75. The second-order valence-corrected chi connectivity index (χ2v) is 6.45. The number of aryl methyl sites for hydroxylation is 2. The fraction of sp³-hybridized carbons (Fsp3) is 0.333. The van der Waals surface area contributed by atoms with Gasteiger partial charge in [-0.25, -0.2) is 4.98 Å². The van der Waals surface area contributed by atoms with Crippen molar-refractivity contribution in [2.45, 2.75) is 33.0 Å². The lowest BCUT2D eigenvalue weighted by molar-refractivity contribution is 0.242. The molecule has 136 valence electrons. The minimum atomic E-state index is 0.823. The Hall–Kier alpha value is -2.66. The molecule has 0 aliphatic carbocycles. The molecule has 2 heterocycles. The van der Waals surface area contributed by atoms with Crippen molar-refractivity contribution < 1.29 is 4.74 Å². The summed E-state index contributed by atoms with van der Waals surface area (Å²) >= 11 is 0. The molecule has 0 fully saturated rings. The van der Waals surface area contributed by atoms with Crippen LogP contribution in [0.25, 0.3) is 0 Å². The van der Waals surface area contributed by atoms with Crippen molar-refractivity contribution in [3.05, 3.63) is 78.1 Å². The first-order valence-electron chi connectivity index (χ1n) is 8.97. The third-order valence-corrected chi connectivity index (χ3v) is 4.37. The lowest BCUT2D eigenvalue weighted by Crippen LogP contribution is -2.25. The average Bonchev–Trinajstić information content (AvgIpc) is 3.15. The highest BCUT2D eigenvalue weighted by Crippen LogP contribution is 2.20. The molecular weight excluding hydrogens is 324 g/mol. The number of benzene rings is 1. The highest BCUT2D eigenvalue weighted by molar-refractivity contribution is 5.33. The van der Waals surface area contributed by atoms with E-state index in [1.54, 1.807) is 7.11 Å². The smallest absolute Gasteiger partial charge is 0.123 e. The number of imidazole rings is 1. The number of pyridine rings is 1. The Labute approximate surface area is 155 Å². The van der Waals surface area contributed by atoms with Crippen molar-refractivity contribution in [1.82, 2.24) is 19.4 Å². The number of rotatable bonds is 9. The molecule has 2 aromatic heterocycles. The third-order valence-electron chi connectivity index (χ3n) is 4.37. The number of nitrogens with zero attached hydrogens (tertiary/aromatic N) is 4. The standard InChI is InChI=1S/C21H26N4O/c1-18-7-5-9-20(23-18)16-25(13-6-12-24-14-11-22-17-24)15-19-8-3-4-10-21(19)26-2/h3-5,7-11,14,17H,6,12-13,15-16H2,1-2H3. The number of ether oxygens (including phenoxy) is 1. The Morgan fingerprint density at radius 2 is 1.96 bits per heavy atom. The maximum absolute atomic E-state index is 5.52. The fourth-order valence-electron chi connectivity index (χ4n) is 3.10. The molecule has 0 radical (unpaired) electrons. The fourth-order valence-corrected chi connectivity index (χ4v) is 3.10. The molecule has 0 aliphatic heterocycles. The van der Waals surface area contributed by atoms with Gasteiger partial charge < -0.3 is 9.30 Å². The Bertz CT molecular complexity index is 801. The second kappa shape index (κ2) is 9.15. The van der Waals surface area contributed by atoms with Gasteiger partial charge in [0.25, 0.3) is 0 Å². The van der Waals surface area contributed by atoms with E-state index in [0.717, 1.165) is 49.7 Å². The maximum atomic E-state index is 5.52. The summed E-state index contributed by atoms with van der Waals surface area (Å²) in [6, 6.07) is 14.4. The van der Waals surface area contributed by atoms with Crippen LogP contribution in [0.3, 0.4) is 0 Å². The van der Waals surface area contributed by atoms with Gasteiger partial charge in [-0.2, -0.15) is 0 Å². The van der Waals surface area contributed by atoms with Crippen LogP contribution in [0.2, 0.25) is 0 Å². The van der Waals surface area contributed by atoms with Crippen molar-refractivity contribution in [2.24, 2.45) is 0 Å². The first-order valence-corrected chi connectivity index (χ1v) is 8.97. The number of hydrogen-bond acceptors (Lipinski definition) is 4. The quantitative estimate of drug-likeness (QED) is 0.590. The normalized spacial score (nSPS) is 11.0. The third kappa shape index (κ3) is 5.17. The van der Waals surface area contributed by atoms with Gasteiger partial charge in [-0.1, -0.05) is 24.3 Å². The van der Waals surface area contributed by atoms with Crippen molar-refractivity contribution in [2.75, 3.05) is 13.7 Å². The van der Waals surface area contributed by atoms with Gasteiger partial charge in [-0.3, -0.25) is 9.88 Å². The van der Waals surface area contributed by atoms with Gasteiger partial charge in [-0.05, 0) is 31.5 Å². The SMILES string of the molecule is COc1ccccc1CN(CCCn1ccnc1)Cc1cccc(C)n1. The molecule has 3 rings (SSSR count). The van der Waals surface area contributed by atoms with Crippen LogP contribution in [0.1, 0.15) is 23.4 Å². The van der Waals surface area contributed by atoms with Crippen LogP contribution in [-0.4, -0.2) is 33.1 Å². The monoisotopic (exact) mass is 350 g/mol. The average molecular weight is 350 g/mol. The van der Waals surface area contributed by atoms with Crippen molar-refractivity contribution >= 4 is 0 Å². The second-order valence-electron chi connectivity index (χ2n) is 6.45. The molecule has 0 bridgehead atoms. The molecule has 5 nitrogen and oxygen atoms in total.